The number of fused-ring (bicyclic) bond motifs is 2. The summed E-state index contributed by atoms with van der Waals surface area (Å²) in [4.78, 5) is 33.7. The number of carboxylic acids is 1. The summed E-state index contributed by atoms with van der Waals surface area (Å²) in [7, 11) is 0. The van der Waals surface area contributed by atoms with Crippen molar-refractivity contribution in [3.05, 3.63) is 142 Å². The molecule has 0 bridgehead atoms. The van der Waals surface area contributed by atoms with Crippen LogP contribution in [0.15, 0.2) is 103 Å². The van der Waals surface area contributed by atoms with Crippen molar-refractivity contribution < 1.29 is 28.9 Å². The van der Waals surface area contributed by atoms with Gasteiger partial charge in [0.25, 0.3) is 0 Å². The predicted molar refractivity (Wildman–Crippen MR) is 229 cm³/mol. The third-order valence-corrected chi connectivity index (χ3v) is 12.7. The minimum atomic E-state index is -1.10. The molecule has 1 aliphatic carbocycles. The SMILES string of the molecule is CC[C@@H](c1ccccc1)N1Cc2cc3c(cc2C[C@H]1C(=O)N[C@@H](Cc1ccc(-c2ccnc(C)c2C)cc1)C(=O)O)OC[C@H](c1ccc(OCCC2CCCC2)cc1)O3. The van der Waals surface area contributed by atoms with Gasteiger partial charge in [0.1, 0.15) is 18.4 Å². The van der Waals surface area contributed by atoms with Gasteiger partial charge in [0.05, 0.1) is 12.6 Å². The standard InChI is InChI=1S/C50H55N3O6/c1-4-44(37-12-6-5-7-13-37)53-30-40-29-47-46(58-31-48(59-47)38-18-20-41(21-19-38)57-25-23-34-10-8-9-11-34)28-39(40)27-45(53)49(54)52-43(50(55)56)26-35-14-16-36(17-15-35)42-22-24-51-33(3)32(42)2/h5-7,12-22,24,28-29,34,43-45,48H,4,8-11,23,25-27,30-31H2,1-3H3,(H,52,54)(H,55,56)/t43-,44-,45-,48+/m0/s1. The molecule has 0 radical (unpaired) electrons. The van der Waals surface area contributed by atoms with Crippen LogP contribution in [0, 0.1) is 19.8 Å². The Bertz CT molecular complexity index is 2240. The van der Waals surface area contributed by atoms with Gasteiger partial charge in [-0.25, -0.2) is 4.79 Å². The summed E-state index contributed by atoms with van der Waals surface area (Å²) in [6, 6.07) is 30.5. The summed E-state index contributed by atoms with van der Waals surface area (Å²) in [6.07, 6.45) is 9.30. The van der Waals surface area contributed by atoms with Crippen molar-refractivity contribution in [1.29, 1.82) is 0 Å². The summed E-state index contributed by atoms with van der Waals surface area (Å²) >= 11 is 0. The highest BCUT2D eigenvalue weighted by Crippen LogP contribution is 2.43. The Hall–Kier alpha value is -5.67. The van der Waals surface area contributed by atoms with Crippen molar-refractivity contribution in [1.82, 2.24) is 15.2 Å². The number of aryl methyl sites for hydroxylation is 1. The monoisotopic (exact) mass is 793 g/mol. The van der Waals surface area contributed by atoms with E-state index in [4.69, 9.17) is 14.2 Å². The van der Waals surface area contributed by atoms with E-state index in [2.05, 4.69) is 59.4 Å². The van der Waals surface area contributed by atoms with E-state index in [1.54, 1.807) is 6.20 Å². The molecule has 1 aromatic heterocycles. The molecular weight excluding hydrogens is 739 g/mol. The highest BCUT2D eigenvalue weighted by molar-refractivity contribution is 5.87. The van der Waals surface area contributed by atoms with Crippen LogP contribution >= 0.6 is 0 Å². The lowest BCUT2D eigenvalue weighted by atomic mass is 9.89. The first kappa shape index (κ1) is 40.1. The van der Waals surface area contributed by atoms with Gasteiger partial charge in [-0.05, 0) is 114 Å². The fraction of sp³-hybridized carbons (Fsp3) is 0.380. The molecule has 1 fully saturated rings. The number of carbonyl (C=O) groups is 2. The number of ether oxygens (including phenoxy) is 3. The van der Waals surface area contributed by atoms with E-state index in [9.17, 15) is 14.7 Å². The van der Waals surface area contributed by atoms with Crippen LogP contribution in [0.1, 0.15) is 96.7 Å². The number of nitrogens with zero attached hydrogens (tertiary/aromatic N) is 2. The summed E-state index contributed by atoms with van der Waals surface area (Å²) in [5.74, 6) is 1.62. The molecule has 2 aliphatic heterocycles. The Morgan fingerprint density at radius 2 is 1.68 bits per heavy atom. The number of aliphatic carboxylic acids is 1. The maximum atomic E-state index is 14.4. The first-order valence-corrected chi connectivity index (χ1v) is 21.3. The summed E-state index contributed by atoms with van der Waals surface area (Å²) in [5, 5.41) is 13.3. The molecule has 1 saturated carbocycles. The van der Waals surface area contributed by atoms with Gasteiger partial charge in [0.2, 0.25) is 5.91 Å². The fourth-order valence-corrected chi connectivity index (χ4v) is 9.14. The largest absolute Gasteiger partial charge is 0.494 e. The smallest absolute Gasteiger partial charge is 0.326 e. The zero-order valence-electron chi connectivity index (χ0n) is 34.4. The second-order valence-corrected chi connectivity index (χ2v) is 16.4. The van der Waals surface area contributed by atoms with Gasteiger partial charge in [-0.15, -0.1) is 0 Å². The Morgan fingerprint density at radius 1 is 0.932 bits per heavy atom. The maximum absolute atomic E-state index is 14.4. The van der Waals surface area contributed by atoms with E-state index >= 15 is 0 Å². The van der Waals surface area contributed by atoms with Gasteiger partial charge in [0.15, 0.2) is 17.6 Å². The lowest BCUT2D eigenvalue weighted by Crippen LogP contribution is -2.55. The Kier molecular flexibility index (Phi) is 12.3. The summed E-state index contributed by atoms with van der Waals surface area (Å²) in [6.45, 7) is 7.76. The number of nitrogens with one attached hydrogen (secondary N) is 1. The van der Waals surface area contributed by atoms with E-state index in [1.165, 1.54) is 25.7 Å². The highest BCUT2D eigenvalue weighted by atomic mass is 16.6. The number of amides is 1. The average molecular weight is 794 g/mol. The van der Waals surface area contributed by atoms with Gasteiger partial charge >= 0.3 is 5.97 Å². The van der Waals surface area contributed by atoms with Crippen LogP contribution in [-0.4, -0.2) is 52.2 Å². The number of carboxylic acid groups (broad SMARTS) is 1. The minimum absolute atomic E-state index is 0.0731. The van der Waals surface area contributed by atoms with Crippen LogP contribution < -0.4 is 19.5 Å². The van der Waals surface area contributed by atoms with Gasteiger partial charge in [-0.3, -0.25) is 14.7 Å². The second kappa shape index (κ2) is 18.1. The van der Waals surface area contributed by atoms with Crippen LogP contribution in [0.25, 0.3) is 11.1 Å². The molecule has 0 spiro atoms. The average Bonchev–Trinajstić information content (AvgIpc) is 3.78. The van der Waals surface area contributed by atoms with Crippen LogP contribution in [0.2, 0.25) is 0 Å². The third-order valence-electron chi connectivity index (χ3n) is 12.7. The first-order chi connectivity index (χ1) is 28.7. The molecule has 5 aromatic rings. The van der Waals surface area contributed by atoms with Crippen LogP contribution in [0.4, 0.5) is 0 Å². The van der Waals surface area contributed by atoms with Gasteiger partial charge in [0, 0.05) is 30.9 Å². The van der Waals surface area contributed by atoms with Crippen molar-refractivity contribution >= 4 is 11.9 Å². The first-order valence-electron chi connectivity index (χ1n) is 21.3. The maximum Gasteiger partial charge on any atom is 0.326 e. The molecule has 8 rings (SSSR count). The molecule has 4 aromatic carbocycles. The van der Waals surface area contributed by atoms with E-state index in [-0.39, 0.29) is 24.5 Å². The minimum Gasteiger partial charge on any atom is -0.494 e. The number of rotatable bonds is 14. The summed E-state index contributed by atoms with van der Waals surface area (Å²) < 4.78 is 19.0. The molecule has 9 heteroatoms. The molecule has 3 aliphatic rings. The normalized spacial score (nSPS) is 18.8. The molecule has 59 heavy (non-hydrogen) atoms. The topological polar surface area (TPSA) is 110 Å². The molecule has 3 heterocycles. The molecule has 9 nitrogen and oxygen atoms in total. The quantitative estimate of drug-likeness (QED) is 0.115. The number of aromatic nitrogens is 1. The van der Waals surface area contributed by atoms with E-state index in [0.717, 1.165) is 81.3 Å². The Balaban J connectivity index is 0.988. The molecular formula is C50H55N3O6. The fourth-order valence-electron chi connectivity index (χ4n) is 9.14. The highest BCUT2D eigenvalue weighted by Gasteiger charge is 2.39. The number of hydrogen-bond acceptors (Lipinski definition) is 7. The Labute approximate surface area is 347 Å². The van der Waals surface area contributed by atoms with E-state index < -0.39 is 18.1 Å². The van der Waals surface area contributed by atoms with Crippen molar-refractivity contribution in [2.24, 2.45) is 5.92 Å². The number of pyridine rings is 1. The van der Waals surface area contributed by atoms with Gasteiger partial charge in [-0.1, -0.05) is 99.3 Å². The van der Waals surface area contributed by atoms with E-state index in [0.29, 0.717) is 31.1 Å². The Morgan fingerprint density at radius 3 is 2.41 bits per heavy atom. The van der Waals surface area contributed by atoms with Crippen molar-refractivity contribution in [3.63, 3.8) is 0 Å². The van der Waals surface area contributed by atoms with Crippen LogP contribution in [-0.2, 0) is 29.0 Å². The number of hydrogen-bond donors (Lipinski definition) is 2. The molecule has 4 atom stereocenters. The number of benzene rings is 4. The third kappa shape index (κ3) is 9.15. The second-order valence-electron chi connectivity index (χ2n) is 16.4. The predicted octanol–water partition coefficient (Wildman–Crippen LogP) is 9.53. The summed E-state index contributed by atoms with van der Waals surface area (Å²) in [5.41, 5.74) is 9.21. The molecule has 0 saturated heterocycles. The molecule has 2 N–H and O–H groups in total. The van der Waals surface area contributed by atoms with Gasteiger partial charge in [-0.2, -0.15) is 0 Å². The van der Waals surface area contributed by atoms with Crippen molar-refractivity contribution in [3.8, 4) is 28.4 Å². The van der Waals surface area contributed by atoms with Crippen LogP contribution in [0.3, 0.4) is 0 Å². The zero-order valence-corrected chi connectivity index (χ0v) is 34.4. The van der Waals surface area contributed by atoms with Crippen molar-refractivity contribution in [2.45, 2.75) is 103 Å². The van der Waals surface area contributed by atoms with Gasteiger partial charge < -0.3 is 24.6 Å². The van der Waals surface area contributed by atoms with Crippen molar-refractivity contribution in [2.75, 3.05) is 13.2 Å². The molecule has 306 valence electrons. The lowest BCUT2D eigenvalue weighted by molar-refractivity contribution is -0.143. The molecule has 0 unspecified atom stereocenters. The lowest BCUT2D eigenvalue weighted by Gasteiger charge is -2.42. The van der Waals surface area contributed by atoms with E-state index in [1.807, 2.05) is 73.7 Å². The molecule has 1 amide bonds. The number of carbonyl (C=O) groups excluding carboxylic acids is 1. The van der Waals surface area contributed by atoms with Crippen LogP contribution in [0.5, 0.6) is 17.2 Å². The zero-order chi connectivity index (χ0) is 40.9.